The maximum atomic E-state index is 8.46. The van der Waals surface area contributed by atoms with E-state index in [1.54, 1.807) is 6.08 Å². The first-order valence-electron chi connectivity index (χ1n) is 4.59. The lowest BCUT2D eigenvalue weighted by molar-refractivity contribution is 0.343. The molecule has 1 heteroatoms. The van der Waals surface area contributed by atoms with E-state index in [2.05, 4.69) is 0 Å². The molecule has 1 nitrogen and oxygen atoms in total. The van der Waals surface area contributed by atoms with Gasteiger partial charge in [-0.25, -0.2) is 0 Å². The van der Waals surface area contributed by atoms with Gasteiger partial charge < -0.3 is 5.11 Å². The van der Waals surface area contributed by atoms with Gasteiger partial charge in [0.2, 0.25) is 0 Å². The number of benzene rings is 1. The molecule has 14 heavy (non-hydrogen) atoms. The van der Waals surface area contributed by atoms with Gasteiger partial charge in [-0.05, 0) is 5.56 Å². The van der Waals surface area contributed by atoms with Crippen molar-refractivity contribution in [3.63, 3.8) is 0 Å². The zero-order valence-electron chi connectivity index (χ0n) is 8.01. The lowest BCUT2D eigenvalue weighted by atomic mass is 10.2. The molecule has 1 N–H and O–H groups in total. The highest BCUT2D eigenvalue weighted by Crippen LogP contribution is 2.00. The quantitative estimate of drug-likeness (QED) is 0.717. The number of allylic oxidation sites excluding steroid dienone is 4. The molecule has 0 aliphatic heterocycles. The van der Waals surface area contributed by atoms with E-state index in [9.17, 15) is 0 Å². The first-order chi connectivity index (χ1) is 6.93. The van der Waals surface area contributed by atoms with Crippen LogP contribution in [0.15, 0.2) is 60.7 Å². The Bertz CT molecular complexity index is 320. The summed E-state index contributed by atoms with van der Waals surface area (Å²) in [6, 6.07) is 10.1. The number of aliphatic hydroxyl groups is 1. The minimum absolute atomic E-state index is 0.0900. The third-order valence-corrected chi connectivity index (χ3v) is 1.66. The smallest absolute Gasteiger partial charge is 0.0615 e. The number of hydrogen-bond acceptors (Lipinski definition) is 1. The van der Waals surface area contributed by atoms with Crippen LogP contribution >= 0.6 is 0 Å². The average molecular weight is 186 g/mol. The Balaban J connectivity index is 2.42. The highest BCUT2D eigenvalue weighted by Gasteiger charge is 1.78. The summed E-state index contributed by atoms with van der Waals surface area (Å²) in [5, 5.41) is 8.46. The van der Waals surface area contributed by atoms with Crippen LogP contribution in [-0.4, -0.2) is 11.7 Å². The molecule has 1 aromatic carbocycles. The monoisotopic (exact) mass is 186 g/mol. The highest BCUT2D eigenvalue weighted by molar-refractivity contribution is 5.50. The second-order valence-electron chi connectivity index (χ2n) is 2.77. The van der Waals surface area contributed by atoms with Gasteiger partial charge in [0.05, 0.1) is 6.61 Å². The SMILES string of the molecule is OC/C=C/C=C/C=Cc1ccccc1. The van der Waals surface area contributed by atoms with Crippen LogP contribution in [0.5, 0.6) is 0 Å². The molecular formula is C13H14O. The van der Waals surface area contributed by atoms with Crippen LogP contribution in [0.4, 0.5) is 0 Å². The Morgan fingerprint density at radius 2 is 1.64 bits per heavy atom. The summed E-state index contributed by atoms with van der Waals surface area (Å²) >= 11 is 0. The van der Waals surface area contributed by atoms with Gasteiger partial charge in [0.15, 0.2) is 0 Å². The molecule has 0 saturated carbocycles. The van der Waals surface area contributed by atoms with E-state index < -0.39 is 0 Å². The van der Waals surface area contributed by atoms with Crippen molar-refractivity contribution >= 4 is 6.08 Å². The molecule has 0 atom stereocenters. The van der Waals surface area contributed by atoms with Crippen molar-refractivity contribution in [2.24, 2.45) is 0 Å². The molecule has 0 spiro atoms. The second kappa shape index (κ2) is 6.87. The molecule has 1 aromatic rings. The fraction of sp³-hybridized carbons (Fsp3) is 0.0769. The van der Waals surface area contributed by atoms with Gasteiger partial charge in [-0.2, -0.15) is 0 Å². The van der Waals surface area contributed by atoms with Crippen molar-refractivity contribution in [3.05, 3.63) is 66.3 Å². The minimum atomic E-state index is 0.0900. The Kier molecular flexibility index (Phi) is 5.14. The maximum Gasteiger partial charge on any atom is 0.0615 e. The zero-order chi connectivity index (χ0) is 10.1. The molecule has 0 bridgehead atoms. The van der Waals surface area contributed by atoms with Crippen LogP contribution in [0.2, 0.25) is 0 Å². The summed E-state index contributed by atoms with van der Waals surface area (Å²) in [5.41, 5.74) is 1.18. The van der Waals surface area contributed by atoms with Crippen LogP contribution in [0.1, 0.15) is 5.56 Å². The van der Waals surface area contributed by atoms with Crippen LogP contribution in [0.25, 0.3) is 6.08 Å². The molecule has 1 rings (SSSR count). The van der Waals surface area contributed by atoms with Crippen molar-refractivity contribution in [3.8, 4) is 0 Å². The second-order valence-corrected chi connectivity index (χ2v) is 2.77. The van der Waals surface area contributed by atoms with Gasteiger partial charge in [0, 0.05) is 0 Å². The van der Waals surface area contributed by atoms with Crippen LogP contribution in [0.3, 0.4) is 0 Å². The summed E-state index contributed by atoms with van der Waals surface area (Å²) in [6.45, 7) is 0.0900. The zero-order valence-corrected chi connectivity index (χ0v) is 8.01. The topological polar surface area (TPSA) is 20.2 Å². The minimum Gasteiger partial charge on any atom is -0.392 e. The predicted octanol–water partition coefficient (Wildman–Crippen LogP) is 2.80. The third kappa shape index (κ3) is 4.43. The molecule has 0 aliphatic carbocycles. The summed E-state index contributed by atoms with van der Waals surface area (Å²) in [7, 11) is 0. The maximum absolute atomic E-state index is 8.46. The molecule has 0 heterocycles. The predicted molar refractivity (Wildman–Crippen MR) is 60.8 cm³/mol. The fourth-order valence-electron chi connectivity index (χ4n) is 0.999. The van der Waals surface area contributed by atoms with E-state index in [1.165, 1.54) is 5.56 Å². The van der Waals surface area contributed by atoms with Crippen molar-refractivity contribution < 1.29 is 5.11 Å². The number of aliphatic hydroxyl groups excluding tert-OH is 1. The summed E-state index contributed by atoms with van der Waals surface area (Å²) < 4.78 is 0. The first-order valence-corrected chi connectivity index (χ1v) is 4.59. The van der Waals surface area contributed by atoms with Crippen LogP contribution in [0, 0.1) is 0 Å². The Hall–Kier alpha value is -1.60. The third-order valence-electron chi connectivity index (χ3n) is 1.66. The van der Waals surface area contributed by atoms with E-state index in [-0.39, 0.29) is 6.61 Å². The average Bonchev–Trinajstić information content (AvgIpc) is 2.25. The number of rotatable bonds is 4. The first kappa shape index (κ1) is 10.5. The molecule has 72 valence electrons. The van der Waals surface area contributed by atoms with Gasteiger partial charge >= 0.3 is 0 Å². The van der Waals surface area contributed by atoms with Gasteiger partial charge in [-0.3, -0.25) is 0 Å². The largest absolute Gasteiger partial charge is 0.392 e. The van der Waals surface area contributed by atoms with Crippen molar-refractivity contribution in [2.75, 3.05) is 6.61 Å². The van der Waals surface area contributed by atoms with E-state index in [0.717, 1.165) is 0 Å². The van der Waals surface area contributed by atoms with Crippen LogP contribution in [-0.2, 0) is 0 Å². The van der Waals surface area contributed by atoms with Gasteiger partial charge in [0.25, 0.3) is 0 Å². The summed E-state index contributed by atoms with van der Waals surface area (Å²) in [4.78, 5) is 0. The molecule has 0 amide bonds. The van der Waals surface area contributed by atoms with Gasteiger partial charge in [0.1, 0.15) is 0 Å². The lowest BCUT2D eigenvalue weighted by Gasteiger charge is -1.87. The molecule has 0 radical (unpaired) electrons. The lowest BCUT2D eigenvalue weighted by Crippen LogP contribution is -1.68. The van der Waals surface area contributed by atoms with Crippen LogP contribution < -0.4 is 0 Å². The normalized spacial score (nSPS) is 12.1. The molecule has 0 fully saturated rings. The van der Waals surface area contributed by atoms with Gasteiger partial charge in [-0.15, -0.1) is 0 Å². The Labute approximate surface area is 84.7 Å². The van der Waals surface area contributed by atoms with E-state index in [4.69, 9.17) is 5.11 Å². The molecule has 0 saturated heterocycles. The van der Waals surface area contributed by atoms with E-state index in [1.807, 2.05) is 60.7 Å². The summed E-state index contributed by atoms with van der Waals surface area (Å²) in [5.74, 6) is 0. The van der Waals surface area contributed by atoms with Crippen molar-refractivity contribution in [1.82, 2.24) is 0 Å². The molecular weight excluding hydrogens is 172 g/mol. The molecule has 0 unspecified atom stereocenters. The van der Waals surface area contributed by atoms with E-state index >= 15 is 0 Å². The standard InChI is InChI=1S/C13H14O/c14-12-8-3-1-2-5-9-13-10-6-4-7-11-13/h1-11,14H,12H2/b2-1+,8-3+,9-5?. The van der Waals surface area contributed by atoms with Crippen molar-refractivity contribution in [2.45, 2.75) is 0 Å². The van der Waals surface area contributed by atoms with Gasteiger partial charge in [-0.1, -0.05) is 66.8 Å². The summed E-state index contributed by atoms with van der Waals surface area (Å²) in [6.07, 6.45) is 11.3. The molecule has 0 aromatic heterocycles. The van der Waals surface area contributed by atoms with E-state index in [0.29, 0.717) is 0 Å². The molecule has 0 aliphatic rings. The Morgan fingerprint density at radius 3 is 2.36 bits per heavy atom. The highest BCUT2D eigenvalue weighted by atomic mass is 16.2. The Morgan fingerprint density at radius 1 is 0.929 bits per heavy atom. The number of hydrogen-bond donors (Lipinski definition) is 1. The fourth-order valence-corrected chi connectivity index (χ4v) is 0.999. The van der Waals surface area contributed by atoms with Crippen molar-refractivity contribution in [1.29, 1.82) is 0 Å².